The summed E-state index contributed by atoms with van der Waals surface area (Å²) in [6, 6.07) is 7.78. The third-order valence-electron chi connectivity index (χ3n) is 3.92. The van der Waals surface area contributed by atoms with Gasteiger partial charge in [-0.3, -0.25) is 10.1 Å². The minimum atomic E-state index is -0.540. The van der Waals surface area contributed by atoms with Gasteiger partial charge in [0.2, 0.25) is 0 Å². The first-order valence-corrected chi connectivity index (χ1v) is 8.03. The summed E-state index contributed by atoms with van der Waals surface area (Å²) in [5.74, 6) is 1.99. The highest BCUT2D eigenvalue weighted by atomic mass is 16.6. The Labute approximate surface area is 149 Å². The first kappa shape index (κ1) is 15.9. The summed E-state index contributed by atoms with van der Waals surface area (Å²) in [7, 11) is 0. The minimum absolute atomic E-state index is 0.0791. The van der Waals surface area contributed by atoms with E-state index in [-0.39, 0.29) is 11.6 Å². The molecular formula is C19H14N2O5. The zero-order valence-electron chi connectivity index (χ0n) is 13.6. The lowest BCUT2D eigenvalue weighted by Gasteiger charge is -2.21. The standard InChI is InChI=1S/C19H14N2O5/c22-21(23)15-7-4-10-20-19(15)25-14-8-9-16-17(11-14)24-12-18(26-16)13-5-2-1-3-6-13/h1-2,4-5,7-12H,3,6H2. The summed E-state index contributed by atoms with van der Waals surface area (Å²) >= 11 is 0. The first-order valence-electron chi connectivity index (χ1n) is 8.03. The molecule has 0 amide bonds. The first-order chi connectivity index (χ1) is 12.7. The van der Waals surface area contributed by atoms with Gasteiger partial charge >= 0.3 is 5.69 Å². The van der Waals surface area contributed by atoms with Gasteiger partial charge in [-0.1, -0.05) is 18.2 Å². The van der Waals surface area contributed by atoms with E-state index in [1.54, 1.807) is 24.5 Å². The molecule has 4 rings (SSSR count). The van der Waals surface area contributed by atoms with Crippen molar-refractivity contribution in [1.82, 2.24) is 4.98 Å². The molecule has 0 saturated heterocycles. The van der Waals surface area contributed by atoms with Crippen LogP contribution in [0.4, 0.5) is 5.69 Å². The highest BCUT2D eigenvalue weighted by Gasteiger charge is 2.20. The Morgan fingerprint density at radius 2 is 2.15 bits per heavy atom. The number of nitrogens with zero attached hydrogens (tertiary/aromatic N) is 2. The Bertz CT molecular complexity index is 962. The van der Waals surface area contributed by atoms with Crippen LogP contribution >= 0.6 is 0 Å². The molecule has 2 aliphatic rings. The molecule has 0 bridgehead atoms. The number of aromatic nitrogens is 1. The predicted molar refractivity (Wildman–Crippen MR) is 93.2 cm³/mol. The van der Waals surface area contributed by atoms with Gasteiger partial charge in [-0.15, -0.1) is 0 Å². The van der Waals surface area contributed by atoms with Gasteiger partial charge in [0.1, 0.15) is 12.0 Å². The van der Waals surface area contributed by atoms with E-state index in [9.17, 15) is 10.1 Å². The second kappa shape index (κ2) is 6.72. The Balaban J connectivity index is 1.55. The normalized spacial score (nSPS) is 15.1. The predicted octanol–water partition coefficient (Wildman–Crippen LogP) is 4.67. The summed E-state index contributed by atoms with van der Waals surface area (Å²) in [6.45, 7) is 0. The minimum Gasteiger partial charge on any atom is -0.457 e. The molecule has 7 heteroatoms. The number of fused-ring (bicyclic) bond motifs is 1. The fourth-order valence-electron chi connectivity index (χ4n) is 2.65. The highest BCUT2D eigenvalue weighted by molar-refractivity contribution is 5.52. The highest BCUT2D eigenvalue weighted by Crippen LogP contribution is 2.39. The molecule has 0 radical (unpaired) electrons. The van der Waals surface area contributed by atoms with E-state index in [2.05, 4.69) is 11.1 Å². The van der Waals surface area contributed by atoms with Crippen LogP contribution in [-0.2, 0) is 0 Å². The number of allylic oxidation sites excluding steroid dienone is 4. The monoisotopic (exact) mass is 350 g/mol. The largest absolute Gasteiger partial charge is 0.457 e. The van der Waals surface area contributed by atoms with Gasteiger partial charge in [0.05, 0.1) is 4.92 Å². The average Bonchev–Trinajstić information content (AvgIpc) is 2.68. The maximum absolute atomic E-state index is 11.1. The summed E-state index contributed by atoms with van der Waals surface area (Å²) in [5, 5.41) is 11.1. The van der Waals surface area contributed by atoms with Gasteiger partial charge in [0.25, 0.3) is 5.88 Å². The summed E-state index contributed by atoms with van der Waals surface area (Å²) in [5.41, 5.74) is 0.865. The van der Waals surface area contributed by atoms with Crippen molar-refractivity contribution < 1.29 is 19.1 Å². The maximum Gasteiger partial charge on any atom is 0.331 e. The second-order valence-corrected chi connectivity index (χ2v) is 5.66. The fraction of sp³-hybridized carbons (Fsp3) is 0.105. The van der Waals surface area contributed by atoms with Crippen LogP contribution in [0.3, 0.4) is 0 Å². The lowest BCUT2D eigenvalue weighted by atomic mass is 10.0. The fourth-order valence-corrected chi connectivity index (χ4v) is 2.65. The Morgan fingerprint density at radius 3 is 2.96 bits per heavy atom. The maximum atomic E-state index is 11.1. The van der Waals surface area contributed by atoms with Crippen molar-refractivity contribution >= 4 is 5.69 Å². The van der Waals surface area contributed by atoms with Crippen molar-refractivity contribution in [2.24, 2.45) is 0 Å². The molecule has 7 nitrogen and oxygen atoms in total. The van der Waals surface area contributed by atoms with Crippen molar-refractivity contribution in [1.29, 1.82) is 0 Å². The molecule has 1 aliphatic carbocycles. The average molecular weight is 350 g/mol. The molecule has 0 fully saturated rings. The number of benzene rings is 1. The van der Waals surface area contributed by atoms with Crippen LogP contribution < -0.4 is 14.2 Å². The van der Waals surface area contributed by atoms with E-state index in [4.69, 9.17) is 14.2 Å². The molecular weight excluding hydrogens is 336 g/mol. The van der Waals surface area contributed by atoms with E-state index in [1.807, 2.05) is 12.2 Å². The number of rotatable bonds is 4. The summed E-state index contributed by atoms with van der Waals surface area (Å²) in [6.07, 6.45) is 10.9. The van der Waals surface area contributed by atoms with E-state index >= 15 is 0 Å². The number of nitro groups is 1. The van der Waals surface area contributed by atoms with Crippen LogP contribution in [0.15, 0.2) is 72.4 Å². The molecule has 0 spiro atoms. The molecule has 130 valence electrons. The Hall–Kier alpha value is -3.61. The summed E-state index contributed by atoms with van der Waals surface area (Å²) < 4.78 is 17.1. The van der Waals surface area contributed by atoms with Crippen LogP contribution in [0, 0.1) is 10.1 Å². The molecule has 1 aliphatic heterocycles. The SMILES string of the molecule is O=[N+]([O-])c1cccnc1Oc1ccc2c(c1)OC=C(C1=CC=CCC1)O2. The van der Waals surface area contributed by atoms with Crippen molar-refractivity contribution in [3.63, 3.8) is 0 Å². The van der Waals surface area contributed by atoms with E-state index < -0.39 is 4.92 Å². The van der Waals surface area contributed by atoms with Gasteiger partial charge in [-0.2, -0.15) is 0 Å². The number of hydrogen-bond acceptors (Lipinski definition) is 6. The van der Waals surface area contributed by atoms with Crippen molar-refractivity contribution in [2.45, 2.75) is 12.8 Å². The van der Waals surface area contributed by atoms with Crippen LogP contribution in [0.2, 0.25) is 0 Å². The molecule has 0 saturated carbocycles. The van der Waals surface area contributed by atoms with E-state index in [0.29, 0.717) is 23.0 Å². The van der Waals surface area contributed by atoms with E-state index in [1.165, 1.54) is 18.3 Å². The summed E-state index contributed by atoms with van der Waals surface area (Å²) in [4.78, 5) is 14.4. The molecule has 0 N–H and O–H groups in total. The van der Waals surface area contributed by atoms with Crippen LogP contribution in [-0.4, -0.2) is 9.91 Å². The van der Waals surface area contributed by atoms with E-state index in [0.717, 1.165) is 18.4 Å². The smallest absolute Gasteiger partial charge is 0.331 e. The van der Waals surface area contributed by atoms with Crippen molar-refractivity contribution in [3.8, 4) is 23.1 Å². The molecule has 2 aromatic rings. The number of ether oxygens (including phenoxy) is 3. The third kappa shape index (κ3) is 3.14. The van der Waals surface area contributed by atoms with Crippen molar-refractivity contribution in [3.05, 3.63) is 82.5 Å². The van der Waals surface area contributed by atoms with Gasteiger partial charge in [-0.05, 0) is 36.6 Å². The van der Waals surface area contributed by atoms with Crippen LogP contribution in [0.5, 0.6) is 23.1 Å². The Morgan fingerprint density at radius 1 is 1.23 bits per heavy atom. The quantitative estimate of drug-likeness (QED) is 0.588. The molecule has 26 heavy (non-hydrogen) atoms. The molecule has 1 aromatic heterocycles. The number of hydrogen-bond donors (Lipinski definition) is 0. The van der Waals surface area contributed by atoms with Crippen molar-refractivity contribution in [2.75, 3.05) is 0 Å². The van der Waals surface area contributed by atoms with Gasteiger partial charge in [-0.25, -0.2) is 4.98 Å². The molecule has 1 aromatic carbocycles. The van der Waals surface area contributed by atoms with Crippen LogP contribution in [0.25, 0.3) is 0 Å². The second-order valence-electron chi connectivity index (χ2n) is 5.66. The topological polar surface area (TPSA) is 83.7 Å². The number of pyridine rings is 1. The van der Waals surface area contributed by atoms with Crippen LogP contribution in [0.1, 0.15) is 12.8 Å². The lowest BCUT2D eigenvalue weighted by molar-refractivity contribution is -0.386. The Kier molecular flexibility index (Phi) is 4.10. The lowest BCUT2D eigenvalue weighted by Crippen LogP contribution is -2.08. The zero-order valence-corrected chi connectivity index (χ0v) is 13.6. The third-order valence-corrected chi connectivity index (χ3v) is 3.92. The van der Waals surface area contributed by atoms with Gasteiger partial charge in [0, 0.05) is 18.3 Å². The van der Waals surface area contributed by atoms with Gasteiger partial charge in [0.15, 0.2) is 17.3 Å². The molecule has 0 atom stereocenters. The van der Waals surface area contributed by atoms with Gasteiger partial charge < -0.3 is 14.2 Å². The molecule has 0 unspecified atom stereocenters. The zero-order chi connectivity index (χ0) is 17.9. The molecule has 2 heterocycles.